The van der Waals surface area contributed by atoms with Gasteiger partial charge in [-0.25, -0.2) is 0 Å². The fourth-order valence-electron chi connectivity index (χ4n) is 2.19. The second kappa shape index (κ2) is 9.72. The number of carbonyl (C=O) groups is 3. The monoisotopic (exact) mass is 418 g/mol. The normalized spacial score (nSPS) is 10.1. The molecule has 6 nitrogen and oxygen atoms in total. The lowest BCUT2D eigenvalue weighted by Crippen LogP contribution is -2.29. The van der Waals surface area contributed by atoms with E-state index in [-0.39, 0.29) is 11.8 Å². The molecule has 0 fully saturated rings. The van der Waals surface area contributed by atoms with Gasteiger partial charge in [-0.1, -0.05) is 28.1 Å². The van der Waals surface area contributed by atoms with Crippen molar-refractivity contribution in [3.63, 3.8) is 0 Å². The number of esters is 1. The third-order valence-electron chi connectivity index (χ3n) is 3.37. The van der Waals surface area contributed by atoms with Crippen LogP contribution in [0.4, 0.5) is 0 Å². The van der Waals surface area contributed by atoms with Crippen LogP contribution in [0, 0.1) is 0 Å². The van der Waals surface area contributed by atoms with E-state index < -0.39 is 5.97 Å². The van der Waals surface area contributed by atoms with E-state index >= 15 is 0 Å². The summed E-state index contributed by atoms with van der Waals surface area (Å²) < 4.78 is 5.80. The summed E-state index contributed by atoms with van der Waals surface area (Å²) in [6.45, 7) is 2.16. The molecule has 0 spiro atoms. The molecule has 2 N–H and O–H groups in total. The molecule has 136 valence electrons. The van der Waals surface area contributed by atoms with Crippen molar-refractivity contribution in [3.05, 3.63) is 64.1 Å². The number of benzene rings is 2. The maximum atomic E-state index is 12.1. The third kappa shape index (κ3) is 6.33. The Labute approximate surface area is 160 Å². The van der Waals surface area contributed by atoms with Crippen molar-refractivity contribution in [1.82, 2.24) is 10.6 Å². The molecule has 0 radical (unpaired) electrons. The fourth-order valence-corrected chi connectivity index (χ4v) is 2.59. The molecule has 2 rings (SSSR count). The first kappa shape index (κ1) is 19.7. The quantitative estimate of drug-likeness (QED) is 0.411. The average molecular weight is 419 g/mol. The Balaban J connectivity index is 1.73. The Kier molecular flexibility index (Phi) is 7.35. The second-order valence-corrected chi connectivity index (χ2v) is 6.41. The number of halogens is 1. The van der Waals surface area contributed by atoms with Crippen LogP contribution in [-0.2, 0) is 4.79 Å². The van der Waals surface area contributed by atoms with Gasteiger partial charge >= 0.3 is 5.97 Å². The Hall–Kier alpha value is -2.67. The number of nitrogens with one attached hydrogen (secondary N) is 2. The first-order chi connectivity index (χ1) is 12.5. The molecule has 7 heteroatoms. The molecule has 0 heterocycles. The summed E-state index contributed by atoms with van der Waals surface area (Å²) >= 11 is 3.32. The van der Waals surface area contributed by atoms with Gasteiger partial charge in [0.25, 0.3) is 11.8 Å². The maximum Gasteiger partial charge on any atom is 0.308 e. The standard InChI is InChI=1S/C19H19BrN2O4/c1-13(23)26-17-8-3-6-15(12-17)19(25)22-10-4-9-21-18(24)14-5-2-7-16(20)11-14/h2-3,5-8,11-12H,4,9-10H2,1H3,(H,21,24)(H,22,25). The first-order valence-corrected chi connectivity index (χ1v) is 8.85. The van der Waals surface area contributed by atoms with Crippen LogP contribution in [0.1, 0.15) is 34.1 Å². The van der Waals surface area contributed by atoms with Crippen LogP contribution >= 0.6 is 15.9 Å². The van der Waals surface area contributed by atoms with Gasteiger partial charge in [-0.2, -0.15) is 0 Å². The summed E-state index contributed by atoms with van der Waals surface area (Å²) in [5.74, 6) is -0.542. The molecule has 0 unspecified atom stereocenters. The third-order valence-corrected chi connectivity index (χ3v) is 3.86. The van der Waals surface area contributed by atoms with Crippen LogP contribution in [0.3, 0.4) is 0 Å². The molecule has 26 heavy (non-hydrogen) atoms. The maximum absolute atomic E-state index is 12.1. The zero-order valence-corrected chi connectivity index (χ0v) is 15.8. The van der Waals surface area contributed by atoms with Gasteiger partial charge in [0.1, 0.15) is 5.75 Å². The van der Waals surface area contributed by atoms with Crippen LogP contribution in [0.2, 0.25) is 0 Å². The van der Waals surface area contributed by atoms with Gasteiger partial charge in [-0.15, -0.1) is 0 Å². The lowest BCUT2D eigenvalue weighted by molar-refractivity contribution is -0.131. The molecule has 0 saturated heterocycles. The van der Waals surface area contributed by atoms with Gasteiger partial charge in [-0.3, -0.25) is 14.4 Å². The summed E-state index contributed by atoms with van der Waals surface area (Å²) in [4.78, 5) is 35.0. The highest BCUT2D eigenvalue weighted by Crippen LogP contribution is 2.13. The van der Waals surface area contributed by atoms with E-state index in [1.807, 2.05) is 6.07 Å². The topological polar surface area (TPSA) is 84.5 Å². The highest BCUT2D eigenvalue weighted by molar-refractivity contribution is 9.10. The van der Waals surface area contributed by atoms with Gasteiger partial charge in [0.15, 0.2) is 0 Å². The van der Waals surface area contributed by atoms with Crippen LogP contribution < -0.4 is 15.4 Å². The van der Waals surface area contributed by atoms with Crippen molar-refractivity contribution < 1.29 is 19.1 Å². The van der Waals surface area contributed by atoms with Gasteiger partial charge in [0.05, 0.1) is 0 Å². The minimum Gasteiger partial charge on any atom is -0.427 e. The van der Waals surface area contributed by atoms with E-state index in [0.717, 1.165) is 4.47 Å². The van der Waals surface area contributed by atoms with Gasteiger partial charge < -0.3 is 15.4 Å². The van der Waals surface area contributed by atoms with Crippen molar-refractivity contribution in [2.45, 2.75) is 13.3 Å². The zero-order chi connectivity index (χ0) is 18.9. The van der Waals surface area contributed by atoms with E-state index in [9.17, 15) is 14.4 Å². The summed E-state index contributed by atoms with van der Waals surface area (Å²) in [5, 5.41) is 5.57. The smallest absolute Gasteiger partial charge is 0.308 e. The molecule has 0 bridgehead atoms. The molecular weight excluding hydrogens is 400 g/mol. The van der Waals surface area contributed by atoms with Gasteiger partial charge in [0, 0.05) is 35.6 Å². The predicted octanol–water partition coefficient (Wildman–Crippen LogP) is 2.92. The Morgan fingerprint density at radius 1 is 0.923 bits per heavy atom. The Bertz CT molecular complexity index is 808. The van der Waals surface area contributed by atoms with Crippen LogP contribution in [0.25, 0.3) is 0 Å². The van der Waals surface area contributed by atoms with E-state index in [1.165, 1.54) is 13.0 Å². The number of hydrogen-bond acceptors (Lipinski definition) is 4. The molecule has 2 aromatic rings. The highest BCUT2D eigenvalue weighted by Gasteiger charge is 2.08. The molecule has 0 aliphatic rings. The van der Waals surface area contributed by atoms with E-state index in [2.05, 4.69) is 26.6 Å². The van der Waals surface area contributed by atoms with Gasteiger partial charge in [-0.05, 0) is 42.8 Å². The van der Waals surface area contributed by atoms with E-state index in [0.29, 0.717) is 36.4 Å². The van der Waals surface area contributed by atoms with Gasteiger partial charge in [0.2, 0.25) is 0 Å². The van der Waals surface area contributed by atoms with Crippen molar-refractivity contribution >= 4 is 33.7 Å². The molecule has 0 aliphatic carbocycles. The summed E-state index contributed by atoms with van der Waals surface area (Å²) in [5.41, 5.74) is 0.979. The first-order valence-electron chi connectivity index (χ1n) is 8.06. The number of amides is 2. The lowest BCUT2D eigenvalue weighted by Gasteiger charge is -2.08. The number of ether oxygens (including phenoxy) is 1. The number of carbonyl (C=O) groups excluding carboxylic acids is 3. The SMILES string of the molecule is CC(=O)Oc1cccc(C(=O)NCCCNC(=O)c2cccc(Br)c2)c1. The molecule has 0 aliphatic heterocycles. The number of rotatable bonds is 7. The molecule has 2 amide bonds. The summed E-state index contributed by atoms with van der Waals surface area (Å²) in [6, 6.07) is 13.5. The van der Waals surface area contributed by atoms with Crippen molar-refractivity contribution in [3.8, 4) is 5.75 Å². The average Bonchev–Trinajstić information content (AvgIpc) is 2.60. The molecule has 0 atom stereocenters. The fraction of sp³-hybridized carbons (Fsp3) is 0.211. The van der Waals surface area contributed by atoms with Crippen molar-refractivity contribution in [1.29, 1.82) is 0 Å². The number of hydrogen-bond donors (Lipinski definition) is 2. The zero-order valence-electron chi connectivity index (χ0n) is 14.3. The Morgan fingerprint density at radius 2 is 1.50 bits per heavy atom. The van der Waals surface area contributed by atoms with Crippen molar-refractivity contribution in [2.75, 3.05) is 13.1 Å². The molecule has 2 aromatic carbocycles. The highest BCUT2D eigenvalue weighted by atomic mass is 79.9. The largest absolute Gasteiger partial charge is 0.427 e. The second-order valence-electron chi connectivity index (χ2n) is 5.50. The van der Waals surface area contributed by atoms with E-state index in [4.69, 9.17) is 4.74 Å². The summed E-state index contributed by atoms with van der Waals surface area (Å²) in [7, 11) is 0. The predicted molar refractivity (Wildman–Crippen MR) is 101 cm³/mol. The van der Waals surface area contributed by atoms with Crippen LogP contribution in [-0.4, -0.2) is 30.9 Å². The molecular formula is C19H19BrN2O4. The van der Waals surface area contributed by atoms with Crippen LogP contribution in [0.15, 0.2) is 53.0 Å². The molecule has 0 saturated carbocycles. The lowest BCUT2D eigenvalue weighted by atomic mass is 10.2. The van der Waals surface area contributed by atoms with Crippen molar-refractivity contribution in [2.24, 2.45) is 0 Å². The summed E-state index contributed by atoms with van der Waals surface area (Å²) in [6.07, 6.45) is 0.592. The minimum atomic E-state index is -0.441. The minimum absolute atomic E-state index is 0.160. The molecule has 0 aromatic heterocycles. The Morgan fingerprint density at radius 3 is 2.08 bits per heavy atom. The van der Waals surface area contributed by atoms with Crippen LogP contribution in [0.5, 0.6) is 5.75 Å². The van der Waals surface area contributed by atoms with E-state index in [1.54, 1.807) is 36.4 Å².